The van der Waals surface area contributed by atoms with E-state index in [1.807, 2.05) is 6.07 Å². The minimum absolute atomic E-state index is 0.212. The second-order valence-electron chi connectivity index (χ2n) is 6.02. The maximum absolute atomic E-state index is 10.5. The van der Waals surface area contributed by atoms with Gasteiger partial charge in [-0.25, -0.2) is 0 Å². The van der Waals surface area contributed by atoms with Crippen LogP contribution < -0.4 is 0 Å². The molecule has 1 nitrogen and oxygen atoms in total. The van der Waals surface area contributed by atoms with Crippen molar-refractivity contribution in [3.05, 3.63) is 83.4 Å². The Bertz CT molecular complexity index is 806. The molecular formula is C20H18O. The molecule has 1 aliphatic carbocycles. The van der Waals surface area contributed by atoms with Crippen LogP contribution in [0.5, 0.6) is 0 Å². The first-order valence-corrected chi connectivity index (χ1v) is 7.51. The highest BCUT2D eigenvalue weighted by atomic mass is 16.3. The molecule has 0 heterocycles. The lowest BCUT2D eigenvalue weighted by Crippen LogP contribution is -2.09. The van der Waals surface area contributed by atoms with Gasteiger partial charge in [0.15, 0.2) is 0 Å². The molecule has 0 saturated heterocycles. The average Bonchev–Trinajstić information content (AvgIpc) is 2.79. The summed E-state index contributed by atoms with van der Waals surface area (Å²) < 4.78 is 0. The van der Waals surface area contributed by atoms with Gasteiger partial charge in [0.25, 0.3) is 0 Å². The Kier molecular flexibility index (Phi) is 2.83. The number of benzene rings is 3. The van der Waals surface area contributed by atoms with E-state index in [9.17, 15) is 5.11 Å². The van der Waals surface area contributed by atoms with Gasteiger partial charge in [-0.1, -0.05) is 73.7 Å². The van der Waals surface area contributed by atoms with E-state index in [0.29, 0.717) is 0 Å². The van der Waals surface area contributed by atoms with Crippen LogP contribution in [0.25, 0.3) is 10.8 Å². The summed E-state index contributed by atoms with van der Waals surface area (Å²) in [5.41, 5.74) is 3.65. The largest absolute Gasteiger partial charge is 0.388 e. The molecule has 3 unspecified atom stereocenters. The summed E-state index contributed by atoms with van der Waals surface area (Å²) in [5, 5.41) is 13.0. The fraction of sp³-hybridized carbons (Fsp3) is 0.200. The van der Waals surface area contributed by atoms with Crippen LogP contribution in [-0.4, -0.2) is 5.11 Å². The second-order valence-corrected chi connectivity index (χ2v) is 6.02. The average molecular weight is 274 g/mol. The maximum Gasteiger partial charge on any atom is 0.0827 e. The normalized spacial score (nSPS) is 24.2. The van der Waals surface area contributed by atoms with E-state index < -0.39 is 0 Å². The molecule has 3 atom stereocenters. The van der Waals surface area contributed by atoms with Crippen LogP contribution in [0.3, 0.4) is 0 Å². The van der Waals surface area contributed by atoms with Crippen molar-refractivity contribution >= 4 is 10.8 Å². The molecule has 21 heavy (non-hydrogen) atoms. The van der Waals surface area contributed by atoms with E-state index in [4.69, 9.17) is 0 Å². The predicted molar refractivity (Wildman–Crippen MR) is 86.4 cm³/mol. The van der Waals surface area contributed by atoms with Crippen LogP contribution in [0.4, 0.5) is 0 Å². The van der Waals surface area contributed by atoms with Crippen molar-refractivity contribution in [1.82, 2.24) is 0 Å². The lowest BCUT2D eigenvalue weighted by Gasteiger charge is -2.19. The van der Waals surface area contributed by atoms with Gasteiger partial charge in [-0.3, -0.25) is 0 Å². The molecule has 4 rings (SSSR count). The summed E-state index contributed by atoms with van der Waals surface area (Å²) in [4.78, 5) is 0. The summed E-state index contributed by atoms with van der Waals surface area (Å²) in [6, 6.07) is 23.4. The zero-order valence-corrected chi connectivity index (χ0v) is 12.0. The van der Waals surface area contributed by atoms with E-state index in [1.54, 1.807) is 0 Å². The van der Waals surface area contributed by atoms with Crippen molar-refractivity contribution < 1.29 is 5.11 Å². The van der Waals surface area contributed by atoms with E-state index in [2.05, 4.69) is 67.6 Å². The molecule has 104 valence electrons. The molecule has 0 aliphatic heterocycles. The lowest BCUT2D eigenvalue weighted by molar-refractivity contribution is 0.126. The molecule has 0 amide bonds. The number of aliphatic hydroxyl groups excluding tert-OH is 1. The van der Waals surface area contributed by atoms with Gasteiger partial charge >= 0.3 is 0 Å². The topological polar surface area (TPSA) is 20.2 Å². The summed E-state index contributed by atoms with van der Waals surface area (Å²) >= 11 is 0. The molecule has 3 aromatic carbocycles. The van der Waals surface area contributed by atoms with Crippen LogP contribution in [0, 0.1) is 5.92 Å². The number of fused-ring (bicyclic) bond motifs is 2. The fourth-order valence-corrected chi connectivity index (χ4v) is 3.70. The number of rotatable bonds is 1. The molecular weight excluding hydrogens is 256 g/mol. The van der Waals surface area contributed by atoms with Crippen molar-refractivity contribution in [3.63, 3.8) is 0 Å². The van der Waals surface area contributed by atoms with Crippen LogP contribution in [0.15, 0.2) is 66.7 Å². The summed E-state index contributed by atoms with van der Waals surface area (Å²) in [5.74, 6) is 0.490. The first-order valence-electron chi connectivity index (χ1n) is 7.51. The Morgan fingerprint density at radius 1 is 0.762 bits per heavy atom. The van der Waals surface area contributed by atoms with E-state index >= 15 is 0 Å². The van der Waals surface area contributed by atoms with Crippen molar-refractivity contribution in [2.45, 2.75) is 18.9 Å². The van der Waals surface area contributed by atoms with Gasteiger partial charge in [0.05, 0.1) is 6.10 Å². The van der Waals surface area contributed by atoms with Crippen molar-refractivity contribution in [2.24, 2.45) is 5.92 Å². The Labute approximate surface area is 124 Å². The number of aliphatic hydroxyl groups is 1. The smallest absolute Gasteiger partial charge is 0.0827 e. The summed E-state index contributed by atoms with van der Waals surface area (Å²) in [7, 11) is 0. The zero-order valence-electron chi connectivity index (χ0n) is 12.0. The second kappa shape index (κ2) is 4.71. The third kappa shape index (κ3) is 1.89. The molecule has 1 aliphatic rings. The van der Waals surface area contributed by atoms with Gasteiger partial charge in [0.2, 0.25) is 0 Å². The molecule has 1 N–H and O–H groups in total. The molecule has 0 radical (unpaired) electrons. The minimum Gasteiger partial charge on any atom is -0.388 e. The molecule has 1 heteroatoms. The number of hydrogen-bond donors (Lipinski definition) is 1. The van der Waals surface area contributed by atoms with E-state index in [0.717, 1.165) is 5.56 Å². The molecule has 0 aromatic heterocycles. The minimum atomic E-state index is -0.363. The first kappa shape index (κ1) is 12.6. The number of hydrogen-bond acceptors (Lipinski definition) is 1. The Hall–Kier alpha value is -2.12. The highest BCUT2D eigenvalue weighted by Gasteiger charge is 2.37. The first-order chi connectivity index (χ1) is 10.3. The van der Waals surface area contributed by atoms with Gasteiger partial charge in [0, 0.05) is 5.92 Å². The van der Waals surface area contributed by atoms with Crippen molar-refractivity contribution in [3.8, 4) is 0 Å². The highest BCUT2D eigenvalue weighted by Crippen LogP contribution is 2.48. The Morgan fingerprint density at radius 3 is 2.24 bits per heavy atom. The predicted octanol–water partition coefficient (Wildman–Crippen LogP) is 4.65. The fourth-order valence-electron chi connectivity index (χ4n) is 3.70. The molecule has 3 aromatic rings. The van der Waals surface area contributed by atoms with Crippen LogP contribution >= 0.6 is 0 Å². The summed E-state index contributed by atoms with van der Waals surface area (Å²) in [6.07, 6.45) is -0.363. The standard InChI is InChI=1S/C20H18O/c1-13-19(17-8-4-5-9-18(17)20(13)21)16-11-10-14-6-2-3-7-15(14)12-16/h2-13,19-21H,1H3. The van der Waals surface area contributed by atoms with Crippen LogP contribution in [0.2, 0.25) is 0 Å². The zero-order chi connectivity index (χ0) is 14.4. The third-order valence-corrected chi connectivity index (χ3v) is 4.81. The van der Waals surface area contributed by atoms with Crippen molar-refractivity contribution in [1.29, 1.82) is 0 Å². The summed E-state index contributed by atoms with van der Waals surface area (Å²) in [6.45, 7) is 2.14. The van der Waals surface area contributed by atoms with E-state index in [1.165, 1.54) is 21.9 Å². The van der Waals surface area contributed by atoms with E-state index in [-0.39, 0.29) is 17.9 Å². The van der Waals surface area contributed by atoms with Gasteiger partial charge in [0.1, 0.15) is 0 Å². The Balaban J connectivity index is 1.88. The van der Waals surface area contributed by atoms with Gasteiger partial charge < -0.3 is 5.11 Å². The van der Waals surface area contributed by atoms with Gasteiger partial charge in [-0.15, -0.1) is 0 Å². The van der Waals surface area contributed by atoms with Gasteiger partial charge in [-0.2, -0.15) is 0 Å². The maximum atomic E-state index is 10.5. The Morgan fingerprint density at radius 2 is 1.43 bits per heavy atom. The monoisotopic (exact) mass is 274 g/mol. The van der Waals surface area contributed by atoms with Gasteiger partial charge in [-0.05, 0) is 33.4 Å². The van der Waals surface area contributed by atoms with Crippen LogP contribution in [0.1, 0.15) is 35.6 Å². The SMILES string of the molecule is CC1C(O)c2ccccc2C1c1ccc2ccccc2c1. The van der Waals surface area contributed by atoms with Crippen molar-refractivity contribution in [2.75, 3.05) is 0 Å². The third-order valence-electron chi connectivity index (χ3n) is 4.81. The highest BCUT2D eigenvalue weighted by molar-refractivity contribution is 5.83. The van der Waals surface area contributed by atoms with Crippen LogP contribution in [-0.2, 0) is 0 Å². The quantitative estimate of drug-likeness (QED) is 0.684. The lowest BCUT2D eigenvalue weighted by atomic mass is 9.85. The molecule has 0 bridgehead atoms. The molecule has 0 fully saturated rings. The molecule has 0 spiro atoms. The molecule has 0 saturated carbocycles.